The SMILES string of the molecule is NCCC(=O)Nc1cccc2c1CCCC2. The first-order chi connectivity index (χ1) is 7.81. The Hall–Kier alpha value is -1.35. The quantitative estimate of drug-likeness (QED) is 0.813. The molecule has 1 aromatic carbocycles. The van der Waals surface area contributed by atoms with Crippen molar-refractivity contribution in [3.8, 4) is 0 Å². The standard InChI is InChI=1S/C13H18N2O/c14-9-8-13(16)15-12-7-3-5-10-4-1-2-6-11(10)12/h3,5,7H,1-2,4,6,8-9,14H2,(H,15,16). The van der Waals surface area contributed by atoms with E-state index in [1.165, 1.54) is 24.0 Å². The molecule has 0 radical (unpaired) electrons. The Kier molecular flexibility index (Phi) is 3.57. The van der Waals surface area contributed by atoms with Gasteiger partial charge >= 0.3 is 0 Å². The molecule has 0 spiro atoms. The Morgan fingerprint density at radius 3 is 2.94 bits per heavy atom. The number of nitrogens with one attached hydrogen (secondary N) is 1. The lowest BCUT2D eigenvalue weighted by Crippen LogP contribution is -2.18. The molecule has 0 saturated heterocycles. The van der Waals surface area contributed by atoms with Gasteiger partial charge in [0.25, 0.3) is 0 Å². The number of anilines is 1. The largest absolute Gasteiger partial charge is 0.330 e. The molecule has 1 aliphatic carbocycles. The third-order valence-electron chi connectivity index (χ3n) is 3.04. The highest BCUT2D eigenvalue weighted by Gasteiger charge is 2.13. The number of carbonyl (C=O) groups is 1. The highest BCUT2D eigenvalue weighted by Crippen LogP contribution is 2.27. The summed E-state index contributed by atoms with van der Waals surface area (Å²) in [5, 5.41) is 2.95. The van der Waals surface area contributed by atoms with Crippen molar-refractivity contribution in [3.05, 3.63) is 29.3 Å². The van der Waals surface area contributed by atoms with Crippen molar-refractivity contribution in [2.45, 2.75) is 32.1 Å². The fourth-order valence-corrected chi connectivity index (χ4v) is 2.24. The van der Waals surface area contributed by atoms with Gasteiger partial charge in [-0.1, -0.05) is 12.1 Å². The highest BCUT2D eigenvalue weighted by atomic mass is 16.1. The molecule has 1 aromatic rings. The van der Waals surface area contributed by atoms with E-state index in [2.05, 4.69) is 11.4 Å². The topological polar surface area (TPSA) is 55.1 Å². The van der Waals surface area contributed by atoms with Gasteiger partial charge in [-0.05, 0) is 42.9 Å². The van der Waals surface area contributed by atoms with Gasteiger partial charge in [-0.25, -0.2) is 0 Å². The maximum atomic E-state index is 11.5. The van der Waals surface area contributed by atoms with E-state index in [0.717, 1.165) is 18.5 Å². The van der Waals surface area contributed by atoms with Crippen LogP contribution in [0.5, 0.6) is 0 Å². The smallest absolute Gasteiger partial charge is 0.225 e. The Balaban J connectivity index is 2.17. The van der Waals surface area contributed by atoms with Crippen molar-refractivity contribution >= 4 is 11.6 Å². The van der Waals surface area contributed by atoms with Gasteiger partial charge in [0, 0.05) is 18.7 Å². The number of benzene rings is 1. The second-order valence-electron chi connectivity index (χ2n) is 4.24. The molecule has 0 heterocycles. The fraction of sp³-hybridized carbons (Fsp3) is 0.462. The summed E-state index contributed by atoms with van der Waals surface area (Å²) in [4.78, 5) is 11.5. The van der Waals surface area contributed by atoms with Crippen molar-refractivity contribution in [2.75, 3.05) is 11.9 Å². The molecule has 3 N–H and O–H groups in total. The summed E-state index contributed by atoms with van der Waals surface area (Å²) in [6, 6.07) is 6.16. The minimum atomic E-state index is 0.0153. The molecule has 3 nitrogen and oxygen atoms in total. The molecule has 0 aromatic heterocycles. The van der Waals surface area contributed by atoms with E-state index in [0.29, 0.717) is 13.0 Å². The van der Waals surface area contributed by atoms with Crippen LogP contribution in [0.1, 0.15) is 30.4 Å². The van der Waals surface area contributed by atoms with Gasteiger partial charge in [-0.2, -0.15) is 0 Å². The molecule has 1 amide bonds. The Morgan fingerprint density at radius 2 is 2.12 bits per heavy atom. The summed E-state index contributed by atoms with van der Waals surface area (Å²) in [5.41, 5.74) is 9.05. The number of hydrogen-bond donors (Lipinski definition) is 2. The summed E-state index contributed by atoms with van der Waals surface area (Å²) in [5.74, 6) is 0.0153. The number of aryl methyl sites for hydroxylation is 1. The van der Waals surface area contributed by atoms with E-state index < -0.39 is 0 Å². The van der Waals surface area contributed by atoms with Crippen molar-refractivity contribution in [1.82, 2.24) is 0 Å². The van der Waals surface area contributed by atoms with Gasteiger partial charge in [-0.3, -0.25) is 4.79 Å². The summed E-state index contributed by atoms with van der Waals surface area (Å²) in [6.07, 6.45) is 5.08. The van der Waals surface area contributed by atoms with Gasteiger partial charge in [0.15, 0.2) is 0 Å². The minimum absolute atomic E-state index is 0.0153. The molecule has 0 fully saturated rings. The van der Waals surface area contributed by atoms with Gasteiger partial charge in [0.05, 0.1) is 0 Å². The maximum Gasteiger partial charge on any atom is 0.225 e. The van der Waals surface area contributed by atoms with Crippen LogP contribution in [0.3, 0.4) is 0 Å². The lowest BCUT2D eigenvalue weighted by molar-refractivity contribution is -0.116. The van der Waals surface area contributed by atoms with E-state index in [9.17, 15) is 4.79 Å². The van der Waals surface area contributed by atoms with Gasteiger partial charge in [0.2, 0.25) is 5.91 Å². The minimum Gasteiger partial charge on any atom is -0.330 e. The normalized spacial score (nSPS) is 14.3. The highest BCUT2D eigenvalue weighted by molar-refractivity contribution is 5.91. The summed E-state index contributed by atoms with van der Waals surface area (Å²) >= 11 is 0. The number of fused-ring (bicyclic) bond motifs is 1. The third-order valence-corrected chi connectivity index (χ3v) is 3.04. The zero-order valence-corrected chi connectivity index (χ0v) is 9.46. The van der Waals surface area contributed by atoms with Crippen LogP contribution in [-0.2, 0) is 17.6 Å². The summed E-state index contributed by atoms with van der Waals surface area (Å²) < 4.78 is 0. The van der Waals surface area contributed by atoms with Crippen LogP contribution in [0, 0.1) is 0 Å². The molecular weight excluding hydrogens is 200 g/mol. The Labute approximate surface area is 96.0 Å². The van der Waals surface area contributed by atoms with E-state index in [4.69, 9.17) is 5.73 Å². The maximum absolute atomic E-state index is 11.5. The molecule has 0 aliphatic heterocycles. The van der Waals surface area contributed by atoms with E-state index in [1.54, 1.807) is 0 Å². The lowest BCUT2D eigenvalue weighted by atomic mass is 9.90. The first-order valence-corrected chi connectivity index (χ1v) is 5.92. The molecule has 2 rings (SSSR count). The van der Waals surface area contributed by atoms with Crippen LogP contribution < -0.4 is 11.1 Å². The molecule has 86 valence electrons. The second-order valence-corrected chi connectivity index (χ2v) is 4.24. The van der Waals surface area contributed by atoms with Crippen molar-refractivity contribution < 1.29 is 4.79 Å². The Bertz CT molecular complexity index is 388. The summed E-state index contributed by atoms with van der Waals surface area (Å²) in [7, 11) is 0. The number of carbonyl (C=O) groups excluding carboxylic acids is 1. The second kappa shape index (κ2) is 5.12. The first kappa shape index (κ1) is 11.1. The molecule has 0 unspecified atom stereocenters. The molecule has 1 aliphatic rings. The molecule has 0 saturated carbocycles. The van der Waals surface area contributed by atoms with Crippen molar-refractivity contribution in [1.29, 1.82) is 0 Å². The average molecular weight is 218 g/mol. The zero-order chi connectivity index (χ0) is 11.4. The number of nitrogens with two attached hydrogens (primary N) is 1. The van der Waals surface area contributed by atoms with Gasteiger partial charge in [0.1, 0.15) is 0 Å². The number of hydrogen-bond acceptors (Lipinski definition) is 2. The van der Waals surface area contributed by atoms with Crippen LogP contribution in [0.4, 0.5) is 5.69 Å². The van der Waals surface area contributed by atoms with Crippen molar-refractivity contribution in [3.63, 3.8) is 0 Å². The Morgan fingerprint density at radius 1 is 1.31 bits per heavy atom. The predicted octanol–water partition coefficient (Wildman–Crippen LogP) is 1.85. The monoisotopic (exact) mass is 218 g/mol. The summed E-state index contributed by atoms with van der Waals surface area (Å²) in [6.45, 7) is 0.404. The van der Waals surface area contributed by atoms with Crippen LogP contribution in [-0.4, -0.2) is 12.5 Å². The predicted molar refractivity (Wildman–Crippen MR) is 65.4 cm³/mol. The van der Waals surface area contributed by atoms with E-state index >= 15 is 0 Å². The number of amides is 1. The van der Waals surface area contributed by atoms with E-state index in [1.807, 2.05) is 12.1 Å². The average Bonchev–Trinajstić information content (AvgIpc) is 2.30. The van der Waals surface area contributed by atoms with Crippen molar-refractivity contribution in [2.24, 2.45) is 5.73 Å². The molecular formula is C13H18N2O. The van der Waals surface area contributed by atoms with Gasteiger partial charge in [-0.15, -0.1) is 0 Å². The first-order valence-electron chi connectivity index (χ1n) is 5.92. The van der Waals surface area contributed by atoms with Gasteiger partial charge < -0.3 is 11.1 Å². The van der Waals surface area contributed by atoms with Crippen LogP contribution in [0.25, 0.3) is 0 Å². The van der Waals surface area contributed by atoms with Crippen LogP contribution >= 0.6 is 0 Å². The van der Waals surface area contributed by atoms with Crippen LogP contribution in [0.2, 0.25) is 0 Å². The lowest BCUT2D eigenvalue weighted by Gasteiger charge is -2.19. The fourth-order valence-electron chi connectivity index (χ4n) is 2.24. The van der Waals surface area contributed by atoms with Crippen LogP contribution in [0.15, 0.2) is 18.2 Å². The third kappa shape index (κ3) is 2.42. The zero-order valence-electron chi connectivity index (χ0n) is 9.46. The molecule has 16 heavy (non-hydrogen) atoms. The number of rotatable bonds is 3. The molecule has 0 bridgehead atoms. The molecule has 3 heteroatoms. The van der Waals surface area contributed by atoms with E-state index in [-0.39, 0.29) is 5.91 Å². The molecule has 0 atom stereocenters.